The number of carbonyl (C=O) groups is 2. The third kappa shape index (κ3) is 5.44. The first-order chi connectivity index (χ1) is 12.9. The number of nitrogens with one attached hydrogen (secondary N) is 1. The lowest BCUT2D eigenvalue weighted by molar-refractivity contribution is -0.129. The Bertz CT molecular complexity index is 741. The van der Waals surface area contributed by atoms with Crippen molar-refractivity contribution in [3.05, 3.63) is 59.9 Å². The van der Waals surface area contributed by atoms with Crippen molar-refractivity contribution in [3.8, 4) is 0 Å². The fourth-order valence-electron chi connectivity index (χ4n) is 3.37. The summed E-state index contributed by atoms with van der Waals surface area (Å²) in [4.78, 5) is 23.5. The van der Waals surface area contributed by atoms with Crippen LogP contribution < -0.4 is 5.32 Å². The molecule has 1 aromatic carbocycles. The molecular weight excluding hydrogens is 342 g/mol. The molecule has 0 spiro atoms. The highest BCUT2D eigenvalue weighted by Crippen LogP contribution is 2.19. The Morgan fingerprint density at radius 3 is 2.44 bits per heavy atom. The smallest absolute Gasteiger partial charge is 0.290 e. The Labute approximate surface area is 160 Å². The van der Waals surface area contributed by atoms with Gasteiger partial charge in [0.1, 0.15) is 5.54 Å². The van der Waals surface area contributed by atoms with Crippen LogP contribution in [0.5, 0.6) is 0 Å². The zero-order valence-corrected chi connectivity index (χ0v) is 16.3. The van der Waals surface area contributed by atoms with Crippen LogP contribution in [0.3, 0.4) is 0 Å². The molecule has 3 rings (SSSR count). The number of hydrogen-bond acceptors (Lipinski definition) is 3. The Morgan fingerprint density at radius 2 is 1.81 bits per heavy atom. The zero-order valence-electron chi connectivity index (χ0n) is 16.3. The number of fused-ring (bicyclic) bond motifs is 1. The molecule has 1 aliphatic rings. The highest BCUT2D eigenvalue weighted by atomic mass is 16.3. The molecule has 27 heavy (non-hydrogen) atoms. The van der Waals surface area contributed by atoms with Crippen molar-refractivity contribution in [2.24, 2.45) is 0 Å². The van der Waals surface area contributed by atoms with Crippen LogP contribution in [-0.4, -0.2) is 46.1 Å². The number of benzene rings is 1. The maximum Gasteiger partial charge on any atom is 0.290 e. The van der Waals surface area contributed by atoms with E-state index in [-0.39, 0.29) is 18.4 Å². The van der Waals surface area contributed by atoms with E-state index in [9.17, 15) is 4.79 Å². The summed E-state index contributed by atoms with van der Waals surface area (Å²) in [6.07, 6.45) is 4.96. The molecule has 1 aromatic heterocycles. The van der Waals surface area contributed by atoms with Gasteiger partial charge in [-0.2, -0.15) is 0 Å². The van der Waals surface area contributed by atoms with Crippen LogP contribution in [-0.2, 0) is 28.1 Å². The van der Waals surface area contributed by atoms with E-state index in [1.54, 1.807) is 0 Å². The molecule has 6 heteroatoms. The average Bonchev–Trinajstić information content (AvgIpc) is 3.17. The molecule has 1 aliphatic heterocycles. The molecule has 2 heterocycles. The maximum atomic E-state index is 12.7. The van der Waals surface area contributed by atoms with Crippen LogP contribution in [0.2, 0.25) is 0 Å². The minimum absolute atomic E-state index is 0.0589. The largest absolute Gasteiger partial charge is 0.483 e. The predicted octanol–water partition coefficient (Wildman–Crippen LogP) is 2.49. The molecule has 0 saturated heterocycles. The lowest BCUT2D eigenvalue weighted by Gasteiger charge is -2.33. The number of hydrogen-bond donors (Lipinski definition) is 2. The molecule has 2 aromatic rings. The first kappa shape index (κ1) is 20.7. The van der Waals surface area contributed by atoms with E-state index in [0.717, 1.165) is 26.1 Å². The number of amides is 1. The van der Waals surface area contributed by atoms with Gasteiger partial charge in [0.2, 0.25) is 5.91 Å². The van der Waals surface area contributed by atoms with E-state index >= 15 is 0 Å². The highest BCUT2D eigenvalue weighted by Gasteiger charge is 2.30. The summed E-state index contributed by atoms with van der Waals surface area (Å²) >= 11 is 0. The summed E-state index contributed by atoms with van der Waals surface area (Å²) in [5.41, 5.74) is 2.29. The number of carboxylic acid groups (broad SMARTS) is 1. The van der Waals surface area contributed by atoms with Gasteiger partial charge in [-0.15, -0.1) is 0 Å². The lowest BCUT2D eigenvalue weighted by atomic mass is 9.99. The summed E-state index contributed by atoms with van der Waals surface area (Å²) in [5, 5.41) is 10.1. The van der Waals surface area contributed by atoms with Gasteiger partial charge in [0.25, 0.3) is 6.47 Å². The van der Waals surface area contributed by atoms with Crippen LogP contribution in [0.25, 0.3) is 0 Å². The molecule has 0 aliphatic carbocycles. The van der Waals surface area contributed by atoms with E-state index in [0.29, 0.717) is 0 Å². The van der Waals surface area contributed by atoms with Gasteiger partial charge in [0.05, 0.1) is 0 Å². The van der Waals surface area contributed by atoms with Gasteiger partial charge in [0, 0.05) is 38.1 Å². The van der Waals surface area contributed by atoms with E-state index in [2.05, 4.69) is 41.4 Å². The normalized spacial score (nSPS) is 15.1. The van der Waals surface area contributed by atoms with Crippen LogP contribution >= 0.6 is 0 Å². The zero-order chi connectivity index (χ0) is 19.9. The van der Waals surface area contributed by atoms with Crippen molar-refractivity contribution in [1.29, 1.82) is 0 Å². The second-order valence-electron chi connectivity index (χ2n) is 7.38. The SMILES string of the molecule is CC(CN1CCc2ccccc2C1)NC(=O)C(C)(C)n1cccc1.O=CO. The Kier molecular flexibility index (Phi) is 7.19. The Balaban J connectivity index is 0.000000817. The van der Waals surface area contributed by atoms with Gasteiger partial charge < -0.3 is 15.0 Å². The topological polar surface area (TPSA) is 74.6 Å². The van der Waals surface area contributed by atoms with Crippen molar-refractivity contribution in [2.45, 2.75) is 45.3 Å². The fourth-order valence-corrected chi connectivity index (χ4v) is 3.37. The van der Waals surface area contributed by atoms with Crippen molar-refractivity contribution in [1.82, 2.24) is 14.8 Å². The maximum absolute atomic E-state index is 12.7. The lowest BCUT2D eigenvalue weighted by Crippen LogP contribution is -2.50. The number of carbonyl (C=O) groups excluding carboxylic acids is 1. The molecule has 6 nitrogen and oxygen atoms in total. The van der Waals surface area contributed by atoms with Gasteiger partial charge in [-0.1, -0.05) is 24.3 Å². The molecular formula is C21H29N3O3. The van der Waals surface area contributed by atoms with E-state index in [4.69, 9.17) is 9.90 Å². The molecule has 1 amide bonds. The Hall–Kier alpha value is -2.60. The van der Waals surface area contributed by atoms with Crippen LogP contribution in [0, 0.1) is 0 Å². The van der Waals surface area contributed by atoms with Gasteiger partial charge >= 0.3 is 0 Å². The fraction of sp³-hybridized carbons (Fsp3) is 0.429. The van der Waals surface area contributed by atoms with Gasteiger partial charge in [0.15, 0.2) is 0 Å². The van der Waals surface area contributed by atoms with Gasteiger partial charge in [-0.3, -0.25) is 14.5 Å². The molecule has 1 atom stereocenters. The molecule has 0 bridgehead atoms. The minimum Gasteiger partial charge on any atom is -0.483 e. The molecule has 0 saturated carbocycles. The number of rotatable bonds is 5. The third-order valence-corrected chi connectivity index (χ3v) is 4.92. The molecule has 2 N–H and O–H groups in total. The predicted molar refractivity (Wildman–Crippen MR) is 105 cm³/mol. The van der Waals surface area contributed by atoms with Crippen molar-refractivity contribution >= 4 is 12.4 Å². The van der Waals surface area contributed by atoms with Crippen LogP contribution in [0.4, 0.5) is 0 Å². The Morgan fingerprint density at radius 1 is 1.22 bits per heavy atom. The van der Waals surface area contributed by atoms with Crippen molar-refractivity contribution in [2.75, 3.05) is 13.1 Å². The summed E-state index contributed by atoms with van der Waals surface area (Å²) in [5.74, 6) is 0.0589. The van der Waals surface area contributed by atoms with E-state index in [1.807, 2.05) is 42.9 Å². The monoisotopic (exact) mass is 371 g/mol. The standard InChI is InChI=1S/C20H27N3O.CH2O2/c1-16(21-19(24)20(2,3)23-11-6-7-12-23)14-22-13-10-17-8-4-5-9-18(17)15-22;2-1-3/h4-9,11-12,16H,10,13-15H2,1-3H3,(H,21,24);1H,(H,2,3). The van der Waals surface area contributed by atoms with E-state index < -0.39 is 5.54 Å². The second-order valence-corrected chi connectivity index (χ2v) is 7.38. The summed E-state index contributed by atoms with van der Waals surface area (Å²) in [6.45, 7) is 8.64. The molecule has 146 valence electrons. The van der Waals surface area contributed by atoms with E-state index in [1.165, 1.54) is 11.1 Å². The second kappa shape index (κ2) is 9.37. The van der Waals surface area contributed by atoms with Crippen LogP contribution in [0.1, 0.15) is 31.9 Å². The average molecular weight is 371 g/mol. The molecule has 1 unspecified atom stereocenters. The summed E-state index contributed by atoms with van der Waals surface area (Å²) in [6, 6.07) is 12.7. The minimum atomic E-state index is -0.577. The number of aromatic nitrogens is 1. The van der Waals surface area contributed by atoms with Gasteiger partial charge in [-0.05, 0) is 50.5 Å². The van der Waals surface area contributed by atoms with Crippen molar-refractivity contribution < 1.29 is 14.7 Å². The van der Waals surface area contributed by atoms with Crippen LogP contribution in [0.15, 0.2) is 48.8 Å². The number of nitrogens with zero attached hydrogens (tertiary/aromatic N) is 2. The first-order valence-electron chi connectivity index (χ1n) is 9.20. The highest BCUT2D eigenvalue weighted by molar-refractivity contribution is 5.83. The molecule has 0 radical (unpaired) electrons. The third-order valence-electron chi connectivity index (χ3n) is 4.92. The molecule has 0 fully saturated rings. The van der Waals surface area contributed by atoms with Crippen molar-refractivity contribution in [3.63, 3.8) is 0 Å². The first-order valence-corrected chi connectivity index (χ1v) is 9.20. The summed E-state index contributed by atoms with van der Waals surface area (Å²) < 4.78 is 1.95. The van der Waals surface area contributed by atoms with Gasteiger partial charge in [-0.25, -0.2) is 0 Å². The quantitative estimate of drug-likeness (QED) is 0.792. The summed E-state index contributed by atoms with van der Waals surface area (Å²) in [7, 11) is 0.